The lowest BCUT2D eigenvalue weighted by atomic mass is 10.2. The van der Waals surface area contributed by atoms with E-state index < -0.39 is 0 Å². The van der Waals surface area contributed by atoms with Gasteiger partial charge in [0.25, 0.3) is 0 Å². The average molecular weight is 415 g/mol. The van der Waals surface area contributed by atoms with Crippen molar-refractivity contribution in [1.82, 2.24) is 4.90 Å². The van der Waals surface area contributed by atoms with Crippen molar-refractivity contribution in [1.29, 1.82) is 0 Å². The zero-order valence-corrected chi connectivity index (χ0v) is 17.2. The molecular weight excluding hydrogens is 392 g/mol. The van der Waals surface area contributed by atoms with Crippen LogP contribution in [0, 0.1) is 6.92 Å². The van der Waals surface area contributed by atoms with Crippen LogP contribution in [-0.2, 0) is 22.7 Å². The number of furan rings is 1. The summed E-state index contributed by atoms with van der Waals surface area (Å²) in [6, 6.07) is 15.3. The van der Waals surface area contributed by atoms with Gasteiger partial charge in [-0.05, 0) is 48.2 Å². The Hall–Kier alpha value is -2.51. The van der Waals surface area contributed by atoms with E-state index in [1.807, 2.05) is 60.8 Å². The molecule has 0 bridgehead atoms. The van der Waals surface area contributed by atoms with Crippen molar-refractivity contribution in [3.8, 4) is 0 Å². The van der Waals surface area contributed by atoms with Gasteiger partial charge in [0.05, 0.1) is 30.9 Å². The minimum Gasteiger partial charge on any atom is -0.467 e. The van der Waals surface area contributed by atoms with Gasteiger partial charge in [0.15, 0.2) is 0 Å². The number of hydrogen-bond donors (Lipinski definition) is 1. The third-order valence-electron chi connectivity index (χ3n) is 3.97. The molecule has 0 aliphatic carbocycles. The van der Waals surface area contributed by atoms with Crippen LogP contribution < -0.4 is 5.32 Å². The Morgan fingerprint density at radius 1 is 1.11 bits per heavy atom. The molecule has 0 unspecified atom stereocenters. The SMILES string of the molecule is Cc1cccc(NC(=O)CSCC(=O)N(Cc2ccco2)Cc2cccs2)c1. The zero-order valence-electron chi connectivity index (χ0n) is 15.6. The number of thiophene rings is 1. The van der Waals surface area contributed by atoms with Crippen molar-refractivity contribution in [2.45, 2.75) is 20.0 Å². The normalized spacial score (nSPS) is 10.6. The number of aryl methyl sites for hydroxylation is 1. The van der Waals surface area contributed by atoms with E-state index in [1.54, 1.807) is 22.5 Å². The Kier molecular flexibility index (Phi) is 7.33. The number of nitrogens with one attached hydrogen (secondary N) is 1. The summed E-state index contributed by atoms with van der Waals surface area (Å²) in [7, 11) is 0. The fraction of sp³-hybridized carbons (Fsp3) is 0.238. The van der Waals surface area contributed by atoms with Gasteiger partial charge in [-0.2, -0.15) is 0 Å². The molecule has 0 aliphatic rings. The van der Waals surface area contributed by atoms with Gasteiger partial charge < -0.3 is 14.6 Å². The van der Waals surface area contributed by atoms with Gasteiger partial charge in [-0.1, -0.05) is 18.2 Å². The third kappa shape index (κ3) is 6.28. The lowest BCUT2D eigenvalue weighted by Crippen LogP contribution is -2.31. The Morgan fingerprint density at radius 2 is 2.00 bits per heavy atom. The molecule has 28 heavy (non-hydrogen) atoms. The van der Waals surface area contributed by atoms with E-state index >= 15 is 0 Å². The molecule has 2 heterocycles. The highest BCUT2D eigenvalue weighted by Crippen LogP contribution is 2.17. The number of hydrogen-bond acceptors (Lipinski definition) is 5. The molecule has 1 N–H and O–H groups in total. The molecule has 0 saturated carbocycles. The molecule has 3 rings (SSSR count). The number of nitrogens with zero attached hydrogens (tertiary/aromatic N) is 1. The van der Waals surface area contributed by atoms with Crippen molar-refractivity contribution in [3.05, 3.63) is 76.4 Å². The van der Waals surface area contributed by atoms with Crippen LogP contribution in [0.3, 0.4) is 0 Å². The molecule has 7 heteroatoms. The topological polar surface area (TPSA) is 62.6 Å². The predicted octanol–water partition coefficient (Wildman–Crippen LogP) is 4.55. The number of carbonyl (C=O) groups excluding carboxylic acids is 2. The van der Waals surface area contributed by atoms with Gasteiger partial charge in [-0.15, -0.1) is 23.1 Å². The van der Waals surface area contributed by atoms with Crippen molar-refractivity contribution in [2.24, 2.45) is 0 Å². The number of thioether (sulfide) groups is 1. The highest BCUT2D eigenvalue weighted by atomic mass is 32.2. The van der Waals surface area contributed by atoms with Crippen LogP contribution in [0.4, 0.5) is 5.69 Å². The first-order chi connectivity index (χ1) is 13.6. The van der Waals surface area contributed by atoms with E-state index in [1.165, 1.54) is 11.8 Å². The minimum atomic E-state index is -0.112. The Balaban J connectivity index is 1.50. The van der Waals surface area contributed by atoms with Crippen LogP contribution >= 0.6 is 23.1 Å². The smallest absolute Gasteiger partial charge is 0.234 e. The quantitative estimate of drug-likeness (QED) is 0.558. The summed E-state index contributed by atoms with van der Waals surface area (Å²) in [6.07, 6.45) is 1.60. The van der Waals surface area contributed by atoms with E-state index in [-0.39, 0.29) is 23.3 Å². The molecule has 2 amide bonds. The maximum Gasteiger partial charge on any atom is 0.234 e. The van der Waals surface area contributed by atoms with Crippen molar-refractivity contribution >= 4 is 40.6 Å². The molecule has 0 radical (unpaired) electrons. The lowest BCUT2D eigenvalue weighted by molar-refractivity contribution is -0.129. The highest BCUT2D eigenvalue weighted by molar-refractivity contribution is 8.00. The highest BCUT2D eigenvalue weighted by Gasteiger charge is 2.17. The molecule has 0 fully saturated rings. The van der Waals surface area contributed by atoms with Gasteiger partial charge in [-0.25, -0.2) is 0 Å². The number of rotatable bonds is 9. The van der Waals surface area contributed by atoms with Gasteiger partial charge in [0.2, 0.25) is 11.8 Å². The summed E-state index contributed by atoms with van der Waals surface area (Å²) in [5.74, 6) is 1.09. The minimum absolute atomic E-state index is 0.0156. The van der Waals surface area contributed by atoms with E-state index in [9.17, 15) is 9.59 Å². The Bertz CT molecular complexity index is 856. The Morgan fingerprint density at radius 3 is 2.71 bits per heavy atom. The molecular formula is C21H22N2O3S2. The van der Waals surface area contributed by atoms with Gasteiger partial charge in [0, 0.05) is 10.6 Å². The van der Waals surface area contributed by atoms with Gasteiger partial charge in [-0.3, -0.25) is 9.59 Å². The maximum atomic E-state index is 12.7. The molecule has 0 saturated heterocycles. The van der Waals surface area contributed by atoms with E-state index in [0.717, 1.165) is 21.9 Å². The second-order valence-corrected chi connectivity index (χ2v) is 8.34. The monoisotopic (exact) mass is 414 g/mol. The number of anilines is 1. The van der Waals surface area contributed by atoms with E-state index in [2.05, 4.69) is 5.32 Å². The largest absolute Gasteiger partial charge is 0.467 e. The molecule has 146 valence electrons. The van der Waals surface area contributed by atoms with Crippen LogP contribution in [0.15, 0.2) is 64.6 Å². The lowest BCUT2D eigenvalue weighted by Gasteiger charge is -2.21. The van der Waals surface area contributed by atoms with Gasteiger partial charge >= 0.3 is 0 Å². The summed E-state index contributed by atoms with van der Waals surface area (Å²) in [5.41, 5.74) is 1.86. The molecule has 0 spiro atoms. The van der Waals surface area contributed by atoms with Crippen LogP contribution in [0.5, 0.6) is 0 Å². The summed E-state index contributed by atoms with van der Waals surface area (Å²) < 4.78 is 5.39. The Labute approximate surface area is 172 Å². The first kappa shape index (κ1) is 20.2. The predicted molar refractivity (Wildman–Crippen MR) is 114 cm³/mol. The number of carbonyl (C=O) groups is 2. The van der Waals surface area contributed by atoms with E-state index in [4.69, 9.17) is 4.42 Å². The maximum absolute atomic E-state index is 12.7. The molecule has 1 aromatic carbocycles. The zero-order chi connectivity index (χ0) is 19.8. The first-order valence-electron chi connectivity index (χ1n) is 8.87. The molecule has 0 atom stereocenters. The second-order valence-electron chi connectivity index (χ2n) is 6.32. The van der Waals surface area contributed by atoms with Crippen molar-refractivity contribution < 1.29 is 14.0 Å². The van der Waals surface area contributed by atoms with Crippen molar-refractivity contribution in [3.63, 3.8) is 0 Å². The van der Waals surface area contributed by atoms with Crippen LogP contribution in [0.2, 0.25) is 0 Å². The van der Waals surface area contributed by atoms with Gasteiger partial charge in [0.1, 0.15) is 5.76 Å². The summed E-state index contributed by atoms with van der Waals surface area (Å²) in [4.78, 5) is 27.7. The molecule has 3 aromatic rings. The summed E-state index contributed by atoms with van der Waals surface area (Å²) in [6.45, 7) is 2.93. The van der Waals surface area contributed by atoms with Crippen LogP contribution in [0.1, 0.15) is 16.2 Å². The van der Waals surface area contributed by atoms with Crippen LogP contribution in [-0.4, -0.2) is 28.2 Å². The summed E-state index contributed by atoms with van der Waals surface area (Å²) in [5, 5.41) is 4.86. The van der Waals surface area contributed by atoms with Crippen molar-refractivity contribution in [2.75, 3.05) is 16.8 Å². The molecule has 0 aliphatic heterocycles. The number of amides is 2. The fourth-order valence-corrected chi connectivity index (χ4v) is 4.09. The molecule has 5 nitrogen and oxygen atoms in total. The van der Waals surface area contributed by atoms with Crippen LogP contribution in [0.25, 0.3) is 0 Å². The number of benzene rings is 1. The average Bonchev–Trinajstić information content (AvgIpc) is 3.35. The fourth-order valence-electron chi connectivity index (χ4n) is 2.66. The second kappa shape index (κ2) is 10.1. The standard InChI is InChI=1S/C21H22N2O3S2/c1-16-5-2-6-17(11-16)22-20(24)14-27-15-21(25)23(12-18-7-3-9-26-18)13-19-8-4-10-28-19/h2-11H,12-15H2,1H3,(H,22,24). The van der Waals surface area contributed by atoms with E-state index in [0.29, 0.717) is 13.1 Å². The third-order valence-corrected chi connectivity index (χ3v) is 5.75. The first-order valence-corrected chi connectivity index (χ1v) is 10.9. The molecule has 2 aromatic heterocycles. The summed E-state index contributed by atoms with van der Waals surface area (Å²) >= 11 is 2.93.